The van der Waals surface area contributed by atoms with Crippen molar-refractivity contribution >= 4 is 10.8 Å². The lowest BCUT2D eigenvalue weighted by Gasteiger charge is -2.14. The third-order valence-corrected chi connectivity index (χ3v) is 4.60. The van der Waals surface area contributed by atoms with Crippen molar-refractivity contribution < 1.29 is 13.5 Å². The van der Waals surface area contributed by atoms with Gasteiger partial charge in [-0.15, -0.1) is 0 Å². The highest BCUT2D eigenvalue weighted by molar-refractivity contribution is 5.93. The maximum Gasteiger partial charge on any atom is 0.387 e. The van der Waals surface area contributed by atoms with Crippen LogP contribution in [0.5, 0.6) is 5.75 Å². The summed E-state index contributed by atoms with van der Waals surface area (Å²) in [4.78, 5) is 0. The smallest absolute Gasteiger partial charge is 0.387 e. The molecule has 3 aromatic carbocycles. The Labute approximate surface area is 153 Å². The van der Waals surface area contributed by atoms with Crippen molar-refractivity contribution in [2.75, 3.05) is 0 Å². The number of hydrogen-bond donors (Lipinski definition) is 0. The summed E-state index contributed by atoms with van der Waals surface area (Å²) in [6, 6.07) is 18.3. The Morgan fingerprint density at radius 1 is 0.808 bits per heavy atom. The van der Waals surface area contributed by atoms with Crippen LogP contribution >= 0.6 is 0 Å². The molecule has 3 aromatic rings. The second-order valence-corrected chi connectivity index (χ2v) is 6.57. The van der Waals surface area contributed by atoms with Gasteiger partial charge in [0.25, 0.3) is 0 Å². The zero-order chi connectivity index (χ0) is 18.5. The Morgan fingerprint density at radius 2 is 1.50 bits per heavy atom. The van der Waals surface area contributed by atoms with Crippen LogP contribution in [0.2, 0.25) is 0 Å². The summed E-state index contributed by atoms with van der Waals surface area (Å²) in [7, 11) is 0. The van der Waals surface area contributed by atoms with E-state index in [4.69, 9.17) is 4.74 Å². The molecule has 0 atom stereocenters. The fraction of sp³-hybridized carbons (Fsp3) is 0.304. The highest BCUT2D eigenvalue weighted by atomic mass is 19.3. The summed E-state index contributed by atoms with van der Waals surface area (Å²) >= 11 is 0. The molecule has 1 nitrogen and oxygen atoms in total. The molecule has 0 saturated heterocycles. The van der Waals surface area contributed by atoms with Crippen LogP contribution in [0.3, 0.4) is 0 Å². The van der Waals surface area contributed by atoms with Gasteiger partial charge in [0.2, 0.25) is 0 Å². The standard InChI is InChI=1S/C23H24F2O/c1-3-5-16-7-9-17(10-8-16)19-13-14-21-20(15-19)12-11-18(6-4-2)22(21)26-23(24)25/h7-15,23H,3-6H2,1-2H3. The zero-order valence-corrected chi connectivity index (χ0v) is 15.3. The minimum Gasteiger partial charge on any atom is -0.434 e. The molecule has 0 amide bonds. The number of rotatable bonds is 7. The van der Waals surface area contributed by atoms with Crippen molar-refractivity contribution in [1.29, 1.82) is 0 Å². The molecule has 0 unspecified atom stereocenters. The largest absolute Gasteiger partial charge is 0.434 e. The highest BCUT2D eigenvalue weighted by Gasteiger charge is 2.14. The third-order valence-electron chi connectivity index (χ3n) is 4.60. The molecule has 0 aliphatic heterocycles. The summed E-state index contributed by atoms with van der Waals surface area (Å²) in [5.74, 6) is 0.309. The van der Waals surface area contributed by atoms with Crippen LogP contribution in [0.25, 0.3) is 21.9 Å². The van der Waals surface area contributed by atoms with E-state index in [0.29, 0.717) is 5.75 Å². The highest BCUT2D eigenvalue weighted by Crippen LogP contribution is 2.34. The van der Waals surface area contributed by atoms with E-state index in [-0.39, 0.29) is 0 Å². The van der Waals surface area contributed by atoms with Gasteiger partial charge in [-0.25, -0.2) is 0 Å². The lowest BCUT2D eigenvalue weighted by Crippen LogP contribution is -2.05. The van der Waals surface area contributed by atoms with Crippen LogP contribution in [-0.4, -0.2) is 6.61 Å². The van der Waals surface area contributed by atoms with Crippen molar-refractivity contribution in [3.8, 4) is 16.9 Å². The van der Waals surface area contributed by atoms with Gasteiger partial charge in [-0.2, -0.15) is 8.78 Å². The van der Waals surface area contributed by atoms with E-state index in [1.165, 1.54) is 5.56 Å². The number of halogens is 2. The second-order valence-electron chi connectivity index (χ2n) is 6.57. The molecule has 0 aliphatic carbocycles. The van der Waals surface area contributed by atoms with Gasteiger partial charge in [0.15, 0.2) is 0 Å². The Bertz CT molecular complexity index is 869. The second kappa shape index (κ2) is 8.31. The topological polar surface area (TPSA) is 9.23 Å². The fourth-order valence-corrected chi connectivity index (χ4v) is 3.37. The normalized spacial score (nSPS) is 11.3. The lowest BCUT2D eigenvalue weighted by atomic mass is 9.97. The summed E-state index contributed by atoms with van der Waals surface area (Å²) in [6.45, 7) is 1.38. The molecule has 136 valence electrons. The fourth-order valence-electron chi connectivity index (χ4n) is 3.37. The summed E-state index contributed by atoms with van der Waals surface area (Å²) in [6.07, 6.45) is 3.81. The van der Waals surface area contributed by atoms with Crippen LogP contribution in [-0.2, 0) is 12.8 Å². The van der Waals surface area contributed by atoms with Crippen molar-refractivity contribution in [2.24, 2.45) is 0 Å². The van der Waals surface area contributed by atoms with E-state index in [9.17, 15) is 8.78 Å². The molecular formula is C23H24F2O. The predicted molar refractivity (Wildman–Crippen MR) is 104 cm³/mol. The van der Waals surface area contributed by atoms with E-state index in [2.05, 4.69) is 31.2 Å². The summed E-state index contributed by atoms with van der Waals surface area (Å²) < 4.78 is 30.6. The van der Waals surface area contributed by atoms with Gasteiger partial charge in [0.05, 0.1) is 0 Å². The summed E-state index contributed by atoms with van der Waals surface area (Å²) in [5.41, 5.74) is 4.36. The van der Waals surface area contributed by atoms with E-state index < -0.39 is 6.61 Å². The van der Waals surface area contributed by atoms with Crippen molar-refractivity contribution in [2.45, 2.75) is 46.1 Å². The molecule has 3 rings (SSSR count). The SMILES string of the molecule is CCCc1ccc(-c2ccc3c(OC(F)F)c(CCC)ccc3c2)cc1. The Morgan fingerprint density at radius 3 is 2.15 bits per heavy atom. The van der Waals surface area contributed by atoms with Gasteiger partial charge in [0.1, 0.15) is 5.75 Å². The van der Waals surface area contributed by atoms with Crippen LogP contribution in [0, 0.1) is 0 Å². The van der Waals surface area contributed by atoms with E-state index in [0.717, 1.165) is 53.1 Å². The van der Waals surface area contributed by atoms with E-state index >= 15 is 0 Å². The Kier molecular flexibility index (Phi) is 5.87. The maximum absolute atomic E-state index is 12.9. The van der Waals surface area contributed by atoms with Gasteiger partial charge >= 0.3 is 6.61 Å². The van der Waals surface area contributed by atoms with E-state index in [1.54, 1.807) is 0 Å². The van der Waals surface area contributed by atoms with Crippen LogP contribution in [0.15, 0.2) is 54.6 Å². The molecule has 0 fully saturated rings. The van der Waals surface area contributed by atoms with Crippen LogP contribution in [0.4, 0.5) is 8.78 Å². The van der Waals surface area contributed by atoms with Crippen molar-refractivity contribution in [3.05, 3.63) is 65.7 Å². The van der Waals surface area contributed by atoms with Crippen LogP contribution in [0.1, 0.15) is 37.8 Å². The molecule has 0 radical (unpaired) electrons. The number of fused-ring (bicyclic) bond motifs is 1. The minimum atomic E-state index is -2.82. The van der Waals surface area contributed by atoms with Gasteiger partial charge in [-0.3, -0.25) is 0 Å². The molecular weight excluding hydrogens is 330 g/mol. The first kappa shape index (κ1) is 18.4. The van der Waals surface area contributed by atoms with Gasteiger partial charge < -0.3 is 4.74 Å². The predicted octanol–water partition coefficient (Wildman–Crippen LogP) is 7.01. The Balaban J connectivity index is 2.02. The first-order valence-corrected chi connectivity index (χ1v) is 9.22. The van der Waals surface area contributed by atoms with Crippen molar-refractivity contribution in [3.63, 3.8) is 0 Å². The zero-order valence-electron chi connectivity index (χ0n) is 15.3. The molecule has 3 heteroatoms. The van der Waals surface area contributed by atoms with Crippen LogP contribution < -0.4 is 4.74 Å². The maximum atomic E-state index is 12.9. The first-order chi connectivity index (χ1) is 12.6. The molecule has 0 bridgehead atoms. The average Bonchev–Trinajstić information content (AvgIpc) is 2.64. The molecule has 0 spiro atoms. The molecule has 0 aromatic heterocycles. The Hall–Kier alpha value is -2.42. The molecule has 0 N–H and O–H groups in total. The number of hydrogen-bond acceptors (Lipinski definition) is 1. The van der Waals surface area contributed by atoms with Gasteiger partial charge in [0, 0.05) is 5.39 Å². The monoisotopic (exact) mass is 354 g/mol. The molecule has 0 heterocycles. The molecule has 26 heavy (non-hydrogen) atoms. The number of aryl methyl sites for hydroxylation is 2. The first-order valence-electron chi connectivity index (χ1n) is 9.22. The molecule has 0 aliphatic rings. The number of benzene rings is 3. The van der Waals surface area contributed by atoms with Gasteiger partial charge in [-0.1, -0.05) is 75.2 Å². The van der Waals surface area contributed by atoms with Gasteiger partial charge in [-0.05, 0) is 46.5 Å². The number of alkyl halides is 2. The third kappa shape index (κ3) is 4.04. The quantitative estimate of drug-likeness (QED) is 0.443. The van der Waals surface area contributed by atoms with Crippen molar-refractivity contribution in [1.82, 2.24) is 0 Å². The average molecular weight is 354 g/mol. The number of ether oxygens (including phenoxy) is 1. The lowest BCUT2D eigenvalue weighted by molar-refractivity contribution is -0.0493. The summed E-state index contributed by atoms with van der Waals surface area (Å²) in [5, 5.41) is 1.65. The minimum absolute atomic E-state index is 0.309. The van der Waals surface area contributed by atoms with E-state index in [1.807, 2.05) is 37.3 Å². The molecule has 0 saturated carbocycles.